The van der Waals surface area contributed by atoms with E-state index < -0.39 is 5.69 Å². The van der Waals surface area contributed by atoms with E-state index in [1.165, 1.54) is 29.4 Å². The molecular formula is C7H8N6O2S2. The number of aryl methyl sites for hydroxylation is 1. The second-order valence-corrected chi connectivity index (χ2v) is 5.35. The highest BCUT2D eigenvalue weighted by molar-refractivity contribution is 8.01. The van der Waals surface area contributed by atoms with Gasteiger partial charge in [0.15, 0.2) is 4.34 Å². The van der Waals surface area contributed by atoms with Crippen LogP contribution in [-0.2, 0) is 4.79 Å². The lowest BCUT2D eigenvalue weighted by Gasteiger charge is -2.01. The van der Waals surface area contributed by atoms with Crippen molar-refractivity contribution < 1.29 is 4.79 Å². The van der Waals surface area contributed by atoms with Gasteiger partial charge in [0.05, 0.1) is 5.75 Å². The molecule has 0 unspecified atom stereocenters. The number of aromatic amines is 1. The van der Waals surface area contributed by atoms with E-state index in [1.807, 2.05) is 6.92 Å². The Morgan fingerprint density at radius 3 is 3.06 bits per heavy atom. The van der Waals surface area contributed by atoms with Crippen molar-refractivity contribution >= 4 is 29.0 Å². The lowest BCUT2D eigenvalue weighted by Crippen LogP contribution is -2.31. The molecule has 0 spiro atoms. The smallest absolute Gasteiger partial charge is 0.272 e. The van der Waals surface area contributed by atoms with Gasteiger partial charge in [0, 0.05) is 0 Å². The van der Waals surface area contributed by atoms with Crippen molar-refractivity contribution in [2.24, 2.45) is 0 Å². The zero-order chi connectivity index (χ0) is 12.3. The molecule has 2 aromatic heterocycles. The number of nitrogens with one attached hydrogen (secondary N) is 2. The molecule has 2 aromatic rings. The Kier molecular flexibility index (Phi) is 3.54. The molecule has 0 saturated heterocycles. The fraction of sp³-hybridized carbons (Fsp3) is 0.286. The molecule has 8 nitrogen and oxygen atoms in total. The van der Waals surface area contributed by atoms with Crippen molar-refractivity contribution in [3.8, 4) is 0 Å². The number of nitrogens with zero attached hydrogens (tertiary/aromatic N) is 4. The average Bonchev–Trinajstić information content (AvgIpc) is 2.86. The number of rotatable bonds is 4. The van der Waals surface area contributed by atoms with Crippen LogP contribution < -0.4 is 11.1 Å². The standard InChI is InChI=1S/C7H8N6O2S2/c1-4-9-11-7(17-4)16-2-5(14)12-13-3-8-10-6(13)15/h3H,2H2,1H3,(H,10,15)(H,12,14). The van der Waals surface area contributed by atoms with Gasteiger partial charge >= 0.3 is 5.69 Å². The first kappa shape index (κ1) is 11.8. The van der Waals surface area contributed by atoms with Crippen LogP contribution in [-0.4, -0.2) is 36.7 Å². The maximum Gasteiger partial charge on any atom is 0.362 e. The van der Waals surface area contributed by atoms with E-state index >= 15 is 0 Å². The van der Waals surface area contributed by atoms with Gasteiger partial charge in [0.1, 0.15) is 11.3 Å². The van der Waals surface area contributed by atoms with Crippen molar-refractivity contribution in [1.29, 1.82) is 0 Å². The van der Waals surface area contributed by atoms with Crippen LogP contribution in [0.4, 0.5) is 0 Å². The highest BCUT2D eigenvalue weighted by Crippen LogP contribution is 2.21. The van der Waals surface area contributed by atoms with Crippen molar-refractivity contribution in [3.63, 3.8) is 0 Å². The molecule has 2 rings (SSSR count). The third-order valence-electron chi connectivity index (χ3n) is 1.63. The monoisotopic (exact) mass is 272 g/mol. The maximum atomic E-state index is 11.5. The summed E-state index contributed by atoms with van der Waals surface area (Å²) in [6.07, 6.45) is 1.19. The molecule has 90 valence electrons. The summed E-state index contributed by atoms with van der Waals surface area (Å²) in [6.45, 7) is 1.84. The molecule has 17 heavy (non-hydrogen) atoms. The van der Waals surface area contributed by atoms with Crippen LogP contribution in [0.3, 0.4) is 0 Å². The zero-order valence-electron chi connectivity index (χ0n) is 8.71. The van der Waals surface area contributed by atoms with Crippen molar-refractivity contribution in [1.82, 2.24) is 25.1 Å². The summed E-state index contributed by atoms with van der Waals surface area (Å²) >= 11 is 2.68. The zero-order valence-corrected chi connectivity index (χ0v) is 10.3. The lowest BCUT2D eigenvalue weighted by atomic mass is 10.7. The van der Waals surface area contributed by atoms with Crippen LogP contribution in [0, 0.1) is 6.92 Å². The van der Waals surface area contributed by atoms with Crippen LogP contribution in [0.25, 0.3) is 0 Å². The third kappa shape index (κ3) is 3.14. The van der Waals surface area contributed by atoms with Crippen LogP contribution in [0.15, 0.2) is 15.5 Å². The fourth-order valence-corrected chi connectivity index (χ4v) is 2.57. The number of H-pyrrole nitrogens is 1. The van der Waals surface area contributed by atoms with Crippen LogP contribution in [0.5, 0.6) is 0 Å². The second kappa shape index (κ2) is 5.10. The first-order valence-electron chi connectivity index (χ1n) is 4.50. The van der Waals surface area contributed by atoms with E-state index in [1.54, 1.807) is 0 Å². The predicted molar refractivity (Wildman–Crippen MR) is 62.6 cm³/mol. The summed E-state index contributed by atoms with van der Waals surface area (Å²) < 4.78 is 1.70. The van der Waals surface area contributed by atoms with Crippen molar-refractivity contribution in [3.05, 3.63) is 21.8 Å². The minimum Gasteiger partial charge on any atom is -0.272 e. The Hall–Kier alpha value is -1.68. The Morgan fingerprint density at radius 1 is 1.65 bits per heavy atom. The molecule has 0 aliphatic heterocycles. The Bertz CT molecular complexity index is 573. The van der Waals surface area contributed by atoms with Gasteiger partial charge in [-0.05, 0) is 6.92 Å². The van der Waals surface area contributed by atoms with Gasteiger partial charge in [0.2, 0.25) is 5.91 Å². The van der Waals surface area contributed by atoms with E-state index in [2.05, 4.69) is 25.8 Å². The molecule has 2 N–H and O–H groups in total. The van der Waals surface area contributed by atoms with Gasteiger partial charge in [-0.15, -0.1) is 10.2 Å². The fourth-order valence-electron chi connectivity index (χ4n) is 0.958. The third-order valence-corrected chi connectivity index (χ3v) is 3.60. The highest BCUT2D eigenvalue weighted by atomic mass is 32.2. The summed E-state index contributed by atoms with van der Waals surface area (Å²) in [5, 5.41) is 14.2. The molecule has 0 fully saturated rings. The Balaban J connectivity index is 1.86. The van der Waals surface area contributed by atoms with E-state index in [0.717, 1.165) is 14.0 Å². The molecule has 0 atom stereocenters. The van der Waals surface area contributed by atoms with Gasteiger partial charge in [0.25, 0.3) is 0 Å². The van der Waals surface area contributed by atoms with Crippen molar-refractivity contribution in [2.75, 3.05) is 11.2 Å². The molecule has 0 aliphatic rings. The number of carbonyl (C=O) groups is 1. The van der Waals surface area contributed by atoms with Crippen molar-refractivity contribution in [2.45, 2.75) is 11.3 Å². The molecule has 0 radical (unpaired) electrons. The van der Waals surface area contributed by atoms with E-state index in [-0.39, 0.29) is 11.7 Å². The largest absolute Gasteiger partial charge is 0.362 e. The van der Waals surface area contributed by atoms with E-state index in [9.17, 15) is 9.59 Å². The lowest BCUT2D eigenvalue weighted by molar-refractivity contribution is -0.114. The predicted octanol–water partition coefficient (Wildman–Crippen LogP) is -0.406. The number of aromatic nitrogens is 5. The second-order valence-electron chi connectivity index (χ2n) is 2.94. The van der Waals surface area contributed by atoms with Gasteiger partial charge < -0.3 is 0 Å². The molecule has 10 heteroatoms. The number of hydrogen-bond acceptors (Lipinski definition) is 7. The average molecular weight is 272 g/mol. The summed E-state index contributed by atoms with van der Waals surface area (Å²) in [4.78, 5) is 22.5. The van der Waals surface area contributed by atoms with Gasteiger partial charge in [-0.2, -0.15) is 9.77 Å². The molecule has 2 heterocycles. The van der Waals surface area contributed by atoms with Gasteiger partial charge in [-0.3, -0.25) is 10.2 Å². The molecule has 1 amide bonds. The Morgan fingerprint density at radius 2 is 2.47 bits per heavy atom. The van der Waals surface area contributed by atoms with Gasteiger partial charge in [-0.25, -0.2) is 9.89 Å². The van der Waals surface area contributed by atoms with E-state index in [4.69, 9.17) is 0 Å². The molecule has 0 saturated carbocycles. The van der Waals surface area contributed by atoms with Gasteiger partial charge in [-0.1, -0.05) is 23.1 Å². The summed E-state index contributed by atoms with van der Waals surface area (Å²) in [6, 6.07) is 0. The number of hydrogen-bond donors (Lipinski definition) is 2. The highest BCUT2D eigenvalue weighted by Gasteiger charge is 2.07. The minimum absolute atomic E-state index is 0.159. The summed E-state index contributed by atoms with van der Waals surface area (Å²) in [5.74, 6) is -0.155. The SMILES string of the molecule is Cc1nnc(SCC(=O)Nn2cn[nH]c2=O)s1. The number of amides is 1. The molecular weight excluding hydrogens is 264 g/mol. The molecule has 0 aliphatic carbocycles. The minimum atomic E-state index is -0.491. The first-order valence-corrected chi connectivity index (χ1v) is 6.30. The summed E-state index contributed by atoms with van der Waals surface area (Å²) in [5.41, 5.74) is 1.88. The maximum absolute atomic E-state index is 11.5. The normalized spacial score (nSPS) is 10.4. The van der Waals surface area contributed by atoms with Crippen LogP contribution >= 0.6 is 23.1 Å². The van der Waals surface area contributed by atoms with E-state index in [0.29, 0.717) is 0 Å². The molecule has 0 aromatic carbocycles. The quantitative estimate of drug-likeness (QED) is 0.733. The summed E-state index contributed by atoms with van der Waals surface area (Å²) in [7, 11) is 0. The number of thioether (sulfide) groups is 1. The van der Waals surface area contributed by atoms with Crippen LogP contribution in [0.1, 0.15) is 5.01 Å². The molecule has 0 bridgehead atoms. The number of carbonyl (C=O) groups excluding carboxylic acids is 1. The first-order chi connectivity index (χ1) is 8.15. The van der Waals surface area contributed by atoms with Crippen LogP contribution in [0.2, 0.25) is 0 Å². The Labute approximate surface area is 103 Å². The topological polar surface area (TPSA) is 106 Å².